The summed E-state index contributed by atoms with van der Waals surface area (Å²) in [4.78, 5) is 15.0. The smallest absolute Gasteiger partial charge is 0.350 e. The van der Waals surface area contributed by atoms with Crippen molar-refractivity contribution in [1.29, 1.82) is 0 Å². The topological polar surface area (TPSA) is 139 Å². The summed E-state index contributed by atoms with van der Waals surface area (Å²) in [5, 5.41) is 18.1. The number of rotatable bonds is 6. The third kappa shape index (κ3) is 3.99. The molecule has 0 saturated heterocycles. The molecule has 9 nitrogen and oxygen atoms in total. The van der Waals surface area contributed by atoms with Crippen LogP contribution < -0.4 is 11.4 Å². The highest BCUT2D eigenvalue weighted by atomic mass is 32.2. The van der Waals surface area contributed by atoms with Crippen LogP contribution in [0, 0.1) is 0 Å². The summed E-state index contributed by atoms with van der Waals surface area (Å²) in [5.74, 6) is 0.0213. The fourth-order valence-corrected chi connectivity index (χ4v) is 2.44. The van der Waals surface area contributed by atoms with E-state index in [0.29, 0.717) is 0 Å². The Labute approximate surface area is 110 Å². The molecule has 0 radical (unpaired) electrons. The van der Waals surface area contributed by atoms with E-state index in [2.05, 4.69) is 4.98 Å². The maximum atomic E-state index is 11.6. The van der Waals surface area contributed by atoms with Crippen molar-refractivity contribution in [3.8, 4) is 0 Å². The Morgan fingerprint density at radius 1 is 1.47 bits per heavy atom. The highest BCUT2D eigenvalue weighted by Gasteiger charge is 2.26. The molecule has 1 aromatic heterocycles. The summed E-state index contributed by atoms with van der Waals surface area (Å²) in [7, 11) is -3.72. The molecule has 0 aliphatic rings. The number of nitrogen functional groups attached to an aromatic ring is 1. The zero-order valence-electron chi connectivity index (χ0n) is 10.3. The minimum atomic E-state index is -3.72. The van der Waals surface area contributed by atoms with Gasteiger partial charge in [-0.15, -0.1) is 0 Å². The number of hydrogen-bond donors (Lipinski definition) is 3. The van der Waals surface area contributed by atoms with Crippen LogP contribution in [-0.2, 0) is 16.7 Å². The van der Waals surface area contributed by atoms with Gasteiger partial charge in [-0.3, -0.25) is 4.57 Å². The summed E-state index contributed by atoms with van der Waals surface area (Å²) in [6.07, 6.45) is 2.20. The average molecular weight is 292 g/mol. The second-order valence-electron chi connectivity index (χ2n) is 3.92. The predicted octanol–water partition coefficient (Wildman–Crippen LogP) is -2.60. The van der Waals surface area contributed by atoms with Crippen LogP contribution >= 0.6 is 0 Å². The van der Waals surface area contributed by atoms with Crippen molar-refractivity contribution in [2.75, 3.05) is 25.2 Å². The fourth-order valence-electron chi connectivity index (χ4n) is 1.43. The molecular weight excluding hydrogens is 276 g/mol. The fraction of sp³-hybridized carbons (Fsp3) is 0.556. The lowest BCUT2D eigenvalue weighted by atomic mass is 10.3. The van der Waals surface area contributed by atoms with Crippen LogP contribution in [0.25, 0.3) is 0 Å². The van der Waals surface area contributed by atoms with E-state index in [9.17, 15) is 13.2 Å². The highest BCUT2D eigenvalue weighted by molar-refractivity contribution is 7.88. The molecule has 0 aliphatic heterocycles. The highest BCUT2D eigenvalue weighted by Crippen LogP contribution is 2.07. The standard InChI is InChI=1S/C9H16N4O5S/c1-19(17,18)13(7(4-14)5-15)6-12-3-2-8(10)11-9(12)16/h2-3,7,14-15H,4-6H2,1H3,(H2,10,11,16). The van der Waals surface area contributed by atoms with Crippen molar-refractivity contribution < 1.29 is 18.6 Å². The third-order valence-corrected chi connectivity index (χ3v) is 3.71. The Bertz CT molecular complexity index is 581. The van der Waals surface area contributed by atoms with Gasteiger partial charge in [-0.25, -0.2) is 13.2 Å². The van der Waals surface area contributed by atoms with E-state index in [0.717, 1.165) is 15.1 Å². The second-order valence-corrected chi connectivity index (χ2v) is 5.85. The van der Waals surface area contributed by atoms with Crippen LogP contribution in [0.3, 0.4) is 0 Å². The van der Waals surface area contributed by atoms with Crippen molar-refractivity contribution in [3.63, 3.8) is 0 Å². The van der Waals surface area contributed by atoms with Gasteiger partial charge in [0.25, 0.3) is 0 Å². The number of aliphatic hydroxyl groups is 2. The molecule has 10 heteroatoms. The first-order valence-corrected chi connectivity index (χ1v) is 7.16. The van der Waals surface area contributed by atoms with Crippen LogP contribution in [0.1, 0.15) is 0 Å². The molecular formula is C9H16N4O5S. The largest absolute Gasteiger partial charge is 0.395 e. The molecule has 0 aromatic carbocycles. The second kappa shape index (κ2) is 6.10. The maximum absolute atomic E-state index is 11.6. The molecule has 1 rings (SSSR count). The first-order chi connectivity index (χ1) is 8.79. The zero-order chi connectivity index (χ0) is 14.6. The number of sulfonamides is 1. The van der Waals surface area contributed by atoms with Crippen LogP contribution in [-0.4, -0.2) is 58.0 Å². The zero-order valence-corrected chi connectivity index (χ0v) is 11.1. The predicted molar refractivity (Wildman–Crippen MR) is 67.6 cm³/mol. The summed E-state index contributed by atoms with van der Waals surface area (Å²) >= 11 is 0. The minimum absolute atomic E-state index is 0.0213. The number of nitrogens with zero attached hydrogens (tertiary/aromatic N) is 3. The third-order valence-electron chi connectivity index (χ3n) is 2.44. The molecule has 1 heterocycles. The number of hydrogen-bond acceptors (Lipinski definition) is 7. The van der Waals surface area contributed by atoms with E-state index in [1.807, 2.05) is 0 Å². The molecule has 0 aliphatic carbocycles. The van der Waals surface area contributed by atoms with E-state index in [1.54, 1.807) is 0 Å². The van der Waals surface area contributed by atoms with Crippen LogP contribution in [0.2, 0.25) is 0 Å². The SMILES string of the molecule is CS(=O)(=O)N(Cn1ccc(N)nc1=O)C(CO)CO. The van der Waals surface area contributed by atoms with Crippen LogP contribution in [0.5, 0.6) is 0 Å². The van der Waals surface area contributed by atoms with Gasteiger partial charge in [-0.1, -0.05) is 0 Å². The molecule has 19 heavy (non-hydrogen) atoms. The van der Waals surface area contributed by atoms with Gasteiger partial charge in [0.05, 0.1) is 32.2 Å². The van der Waals surface area contributed by atoms with Gasteiger partial charge in [0.15, 0.2) is 0 Å². The molecule has 0 unspecified atom stereocenters. The molecule has 0 atom stereocenters. The molecule has 0 saturated carbocycles. The molecule has 0 bridgehead atoms. The van der Waals surface area contributed by atoms with E-state index in [4.69, 9.17) is 15.9 Å². The first kappa shape index (κ1) is 15.6. The molecule has 0 spiro atoms. The Balaban J connectivity index is 3.11. The quantitative estimate of drug-likeness (QED) is 0.522. The normalized spacial score (nSPS) is 12.3. The number of nitrogens with two attached hydrogens (primary N) is 1. The number of aliphatic hydroxyl groups excluding tert-OH is 2. The molecule has 108 valence electrons. The van der Waals surface area contributed by atoms with E-state index >= 15 is 0 Å². The lowest BCUT2D eigenvalue weighted by Crippen LogP contribution is -2.46. The van der Waals surface area contributed by atoms with E-state index in [1.165, 1.54) is 12.3 Å². The Hall–Kier alpha value is -1.49. The van der Waals surface area contributed by atoms with Gasteiger partial charge in [0.1, 0.15) is 5.82 Å². The molecule has 1 aromatic rings. The van der Waals surface area contributed by atoms with Crippen LogP contribution in [0.4, 0.5) is 5.82 Å². The van der Waals surface area contributed by atoms with Gasteiger partial charge < -0.3 is 15.9 Å². The Morgan fingerprint density at radius 3 is 2.47 bits per heavy atom. The van der Waals surface area contributed by atoms with Crippen molar-refractivity contribution in [1.82, 2.24) is 13.9 Å². The summed E-state index contributed by atoms with van der Waals surface area (Å²) in [5.41, 5.74) is 4.60. The summed E-state index contributed by atoms with van der Waals surface area (Å²) in [6, 6.07) is 0.314. The molecule has 0 amide bonds. The Kier molecular flexibility index (Phi) is 5.00. The summed E-state index contributed by atoms with van der Waals surface area (Å²) < 4.78 is 25.1. The molecule has 4 N–H and O–H groups in total. The Morgan fingerprint density at radius 2 is 2.05 bits per heavy atom. The van der Waals surface area contributed by atoms with Gasteiger partial charge >= 0.3 is 5.69 Å². The average Bonchev–Trinajstić information content (AvgIpc) is 2.30. The van der Waals surface area contributed by atoms with Gasteiger partial charge in [-0.05, 0) is 6.07 Å². The molecule has 0 fully saturated rings. The number of aromatic nitrogens is 2. The maximum Gasteiger partial charge on any atom is 0.350 e. The van der Waals surface area contributed by atoms with E-state index < -0.39 is 35.0 Å². The monoisotopic (exact) mass is 292 g/mol. The van der Waals surface area contributed by atoms with Crippen LogP contribution in [0.15, 0.2) is 17.1 Å². The van der Waals surface area contributed by atoms with Crippen molar-refractivity contribution >= 4 is 15.8 Å². The van der Waals surface area contributed by atoms with Gasteiger partial charge in [-0.2, -0.15) is 9.29 Å². The first-order valence-electron chi connectivity index (χ1n) is 5.31. The van der Waals surface area contributed by atoms with Crippen molar-refractivity contribution in [2.24, 2.45) is 0 Å². The minimum Gasteiger partial charge on any atom is -0.395 e. The number of anilines is 1. The van der Waals surface area contributed by atoms with Crippen molar-refractivity contribution in [2.45, 2.75) is 12.7 Å². The van der Waals surface area contributed by atoms with E-state index in [-0.39, 0.29) is 12.5 Å². The van der Waals surface area contributed by atoms with Gasteiger partial charge in [0.2, 0.25) is 10.0 Å². The lowest BCUT2D eigenvalue weighted by molar-refractivity contribution is 0.108. The summed E-state index contributed by atoms with van der Waals surface area (Å²) in [6.45, 7) is -1.50. The lowest BCUT2D eigenvalue weighted by Gasteiger charge is -2.27. The van der Waals surface area contributed by atoms with Gasteiger partial charge in [0, 0.05) is 6.20 Å². The van der Waals surface area contributed by atoms with Crippen molar-refractivity contribution in [3.05, 3.63) is 22.7 Å².